The average Bonchev–Trinajstić information content (AvgIpc) is 3.27. The minimum absolute atomic E-state index is 0.376. The van der Waals surface area contributed by atoms with Gasteiger partial charge in [0.05, 0.1) is 0 Å². The monoisotopic (exact) mass is 483 g/mol. The van der Waals surface area contributed by atoms with Gasteiger partial charge in [0, 0.05) is 0 Å². The number of aliphatic hydroxyl groups is 2. The zero-order chi connectivity index (χ0) is 23.8. The van der Waals surface area contributed by atoms with Gasteiger partial charge in [-0.25, -0.2) is 0 Å². The first-order valence-electron chi connectivity index (χ1n) is 10.4. The van der Waals surface area contributed by atoms with Crippen LogP contribution in [0.2, 0.25) is 0 Å². The molecule has 33 heavy (non-hydrogen) atoms. The van der Waals surface area contributed by atoms with Gasteiger partial charge in [0.15, 0.2) is 0 Å². The fourth-order valence-corrected chi connectivity index (χ4v) is 4.28. The molecule has 1 unspecified atom stereocenters. The van der Waals surface area contributed by atoms with E-state index in [2.05, 4.69) is 58.1 Å². The molecule has 11 heteroatoms. The van der Waals surface area contributed by atoms with Crippen molar-refractivity contribution in [2.24, 2.45) is 4.99 Å². The van der Waals surface area contributed by atoms with Crippen LogP contribution in [0.5, 0.6) is 11.5 Å². The summed E-state index contributed by atoms with van der Waals surface area (Å²) in [5.41, 5.74) is 2.34. The van der Waals surface area contributed by atoms with Crippen molar-refractivity contribution < 1.29 is 14.9 Å². The number of aryl methyl sites for hydroxylation is 1. The van der Waals surface area contributed by atoms with E-state index >= 15 is 0 Å². The molecule has 3 aromatic rings. The molecular weight excluding hydrogens is 457 g/mol. The van der Waals surface area contributed by atoms with Crippen LogP contribution in [-0.2, 0) is 0 Å². The Kier molecular flexibility index (Phi) is 9.13. The summed E-state index contributed by atoms with van der Waals surface area (Å²) in [4.78, 5) is 14.7. The molecule has 1 atom stereocenters. The van der Waals surface area contributed by atoms with E-state index in [0.717, 1.165) is 16.2 Å². The number of aromatic amines is 1. The SMILES string of the molecule is CC/C=C\C(Sc1cnc(/N=c2/[nH]c(C(O)CO)bs2)c(Oc2ccnnc2C)c1)=C(C)C. The molecule has 0 aliphatic rings. The number of hydrogen-bond donors (Lipinski definition) is 3. The Bertz CT molecular complexity index is 1220. The number of aromatic nitrogens is 4. The Hall–Kier alpha value is -2.60. The second kappa shape index (κ2) is 12.0. The summed E-state index contributed by atoms with van der Waals surface area (Å²) in [5.74, 6) is 1.40. The molecule has 8 nitrogen and oxygen atoms in total. The van der Waals surface area contributed by atoms with E-state index in [1.165, 1.54) is 16.8 Å². The zero-order valence-corrected chi connectivity index (χ0v) is 20.6. The van der Waals surface area contributed by atoms with Gasteiger partial charge >= 0.3 is 195 Å². The van der Waals surface area contributed by atoms with Gasteiger partial charge in [-0.1, -0.05) is 6.92 Å². The van der Waals surface area contributed by atoms with Crippen LogP contribution in [0.3, 0.4) is 0 Å². The molecular formula is C22H26BN5O3S2. The molecule has 0 saturated carbocycles. The number of nitrogens with zero attached hydrogens (tertiary/aromatic N) is 4. The third-order valence-corrected chi connectivity index (χ3v) is 6.41. The predicted molar refractivity (Wildman–Crippen MR) is 132 cm³/mol. The van der Waals surface area contributed by atoms with Gasteiger partial charge in [0.25, 0.3) is 0 Å². The van der Waals surface area contributed by atoms with Gasteiger partial charge in [-0.2, -0.15) is 0 Å². The molecule has 0 spiro atoms. The minimum atomic E-state index is -0.989. The van der Waals surface area contributed by atoms with Crippen LogP contribution in [0.4, 0.5) is 5.82 Å². The van der Waals surface area contributed by atoms with E-state index < -0.39 is 6.10 Å². The second-order valence-corrected chi connectivity index (χ2v) is 9.26. The summed E-state index contributed by atoms with van der Waals surface area (Å²) >= 11 is 2.91. The molecule has 0 aliphatic heterocycles. The van der Waals surface area contributed by atoms with E-state index in [4.69, 9.17) is 9.84 Å². The number of ether oxygens (including phenoxy) is 1. The van der Waals surface area contributed by atoms with Crippen molar-refractivity contribution in [2.75, 3.05) is 6.61 Å². The fourth-order valence-electron chi connectivity index (χ4n) is 2.62. The Morgan fingerprint density at radius 2 is 2.21 bits per heavy atom. The van der Waals surface area contributed by atoms with Crippen LogP contribution in [0, 0.1) is 6.92 Å². The molecule has 3 N–H and O–H groups in total. The summed E-state index contributed by atoms with van der Waals surface area (Å²) in [6.45, 7) is 7.70. The molecule has 3 rings (SSSR count). The number of thioether (sulfide) groups is 1. The Morgan fingerprint density at radius 1 is 1.39 bits per heavy atom. The number of aliphatic hydroxyl groups excluding tert-OH is 2. The molecule has 0 aromatic carbocycles. The number of allylic oxidation sites excluding steroid dienone is 3. The normalized spacial score (nSPS) is 12.7. The first-order chi connectivity index (χ1) is 15.9. The topological polar surface area (TPSA) is 117 Å². The van der Waals surface area contributed by atoms with Gasteiger partial charge < -0.3 is 0 Å². The average molecular weight is 483 g/mol. The Labute approximate surface area is 201 Å². The Balaban J connectivity index is 2.02. The third kappa shape index (κ3) is 6.94. The first-order valence-corrected chi connectivity index (χ1v) is 12.1. The van der Waals surface area contributed by atoms with Gasteiger partial charge in [-0.15, -0.1) is 0 Å². The molecule has 3 heterocycles. The van der Waals surface area contributed by atoms with Crippen LogP contribution in [0.15, 0.2) is 57.0 Å². The van der Waals surface area contributed by atoms with Crippen LogP contribution in [-0.4, -0.2) is 43.2 Å². The van der Waals surface area contributed by atoms with Crippen LogP contribution in [0.25, 0.3) is 0 Å². The molecule has 0 bridgehead atoms. The third-order valence-electron chi connectivity index (χ3n) is 4.40. The standard InChI is InChI=1S/C22H26BN5O3S2/c1-5-6-7-19(13(2)3)32-15-10-18(31-17-8-9-25-28-14(17)4)21(24-11-15)27-22-26-20(23-33-22)16(30)12-29/h6-11,16,29-30H,5,12H2,1-4H3,(H,24,26,27)/b7-6-. The summed E-state index contributed by atoms with van der Waals surface area (Å²) in [7, 11) is 0. The molecule has 0 fully saturated rings. The van der Waals surface area contributed by atoms with Crippen LogP contribution >= 0.6 is 22.9 Å². The molecule has 0 aliphatic carbocycles. The van der Waals surface area contributed by atoms with Crippen molar-refractivity contribution >= 4 is 34.9 Å². The van der Waals surface area contributed by atoms with Crippen molar-refractivity contribution in [1.82, 2.24) is 20.2 Å². The van der Waals surface area contributed by atoms with Gasteiger partial charge in [0.2, 0.25) is 0 Å². The number of nitrogens with one attached hydrogen (secondary N) is 1. The van der Waals surface area contributed by atoms with Gasteiger partial charge in [-0.3, -0.25) is 0 Å². The number of rotatable bonds is 9. The van der Waals surface area contributed by atoms with Gasteiger partial charge in [-0.05, 0) is 0 Å². The molecule has 0 amide bonds. The molecule has 172 valence electrons. The number of H-pyrrole nitrogens is 1. The zero-order valence-electron chi connectivity index (χ0n) is 18.9. The van der Waals surface area contributed by atoms with Crippen LogP contribution in [0.1, 0.15) is 44.6 Å². The Morgan fingerprint density at radius 3 is 2.91 bits per heavy atom. The summed E-state index contributed by atoms with van der Waals surface area (Å²) in [6, 6.07) is 3.64. The van der Waals surface area contributed by atoms with Crippen molar-refractivity contribution in [1.29, 1.82) is 0 Å². The molecule has 0 saturated heterocycles. The van der Waals surface area contributed by atoms with Gasteiger partial charge in [0.1, 0.15) is 0 Å². The fraction of sp³-hybridized carbons (Fsp3) is 0.318. The second-order valence-electron chi connectivity index (χ2n) is 7.28. The predicted octanol–water partition coefficient (Wildman–Crippen LogP) is 4.31. The van der Waals surface area contributed by atoms with Crippen LogP contribution < -0.4 is 9.54 Å². The molecule has 3 aromatic heterocycles. The number of hydrogen-bond acceptors (Lipinski definition) is 9. The van der Waals surface area contributed by atoms with E-state index in [0.29, 0.717) is 33.4 Å². The van der Waals surface area contributed by atoms with Crippen molar-refractivity contribution in [3.05, 3.63) is 63.2 Å². The quantitative estimate of drug-likeness (QED) is 0.307. The summed E-state index contributed by atoms with van der Waals surface area (Å²) in [5, 5.41) is 26.9. The van der Waals surface area contributed by atoms with E-state index in [1.807, 2.05) is 13.0 Å². The summed E-state index contributed by atoms with van der Waals surface area (Å²) in [6.07, 6.45) is 9.25. The number of pyridine rings is 1. The first kappa shape index (κ1) is 25.0. The van der Waals surface area contributed by atoms with Crippen molar-refractivity contribution in [2.45, 2.75) is 45.1 Å². The maximum atomic E-state index is 9.83. The maximum absolute atomic E-state index is 9.83. The van der Waals surface area contributed by atoms with E-state index in [9.17, 15) is 5.11 Å². The van der Waals surface area contributed by atoms with E-state index in [1.54, 1.807) is 36.4 Å². The molecule has 0 radical (unpaired) electrons. The summed E-state index contributed by atoms with van der Waals surface area (Å²) < 4.78 is 6.15. The van der Waals surface area contributed by atoms with Crippen molar-refractivity contribution in [3.63, 3.8) is 0 Å². The van der Waals surface area contributed by atoms with Crippen molar-refractivity contribution in [3.8, 4) is 11.5 Å². The van der Waals surface area contributed by atoms with E-state index in [-0.39, 0.29) is 6.61 Å².